The summed E-state index contributed by atoms with van der Waals surface area (Å²) in [5, 5.41) is 12.6. The zero-order chi connectivity index (χ0) is 21.5. The van der Waals surface area contributed by atoms with Crippen LogP contribution >= 0.6 is 11.3 Å². The number of aliphatic hydroxyl groups is 1. The van der Waals surface area contributed by atoms with Crippen LogP contribution in [0, 0.1) is 12.7 Å². The Morgan fingerprint density at radius 3 is 2.58 bits per heavy atom. The first-order chi connectivity index (χ1) is 15.0. The van der Waals surface area contributed by atoms with Crippen molar-refractivity contribution in [3.05, 3.63) is 59.5 Å². The van der Waals surface area contributed by atoms with Crippen LogP contribution in [-0.4, -0.2) is 45.7 Å². The molecule has 0 radical (unpaired) electrons. The van der Waals surface area contributed by atoms with Crippen molar-refractivity contribution in [2.75, 3.05) is 29.9 Å². The summed E-state index contributed by atoms with van der Waals surface area (Å²) in [5.41, 5.74) is 4.65. The van der Waals surface area contributed by atoms with Gasteiger partial charge in [0.1, 0.15) is 17.3 Å². The maximum absolute atomic E-state index is 13.2. The van der Waals surface area contributed by atoms with E-state index in [1.165, 1.54) is 12.1 Å². The third kappa shape index (κ3) is 3.77. The van der Waals surface area contributed by atoms with E-state index in [0.29, 0.717) is 0 Å². The van der Waals surface area contributed by atoms with E-state index >= 15 is 0 Å². The second-order valence-electron chi connectivity index (χ2n) is 7.94. The van der Waals surface area contributed by atoms with Crippen molar-refractivity contribution in [3.63, 3.8) is 0 Å². The molecule has 6 nitrogen and oxygen atoms in total. The van der Waals surface area contributed by atoms with Gasteiger partial charge in [-0.15, -0.1) is 11.3 Å². The quantitative estimate of drug-likeness (QED) is 0.504. The van der Waals surface area contributed by atoms with Crippen LogP contribution in [-0.2, 0) is 0 Å². The van der Waals surface area contributed by atoms with Crippen molar-refractivity contribution in [2.45, 2.75) is 25.9 Å². The second-order valence-corrected chi connectivity index (χ2v) is 8.77. The topological polar surface area (TPSA) is 56.9 Å². The predicted octanol–water partition coefficient (Wildman–Crippen LogP) is 4.63. The van der Waals surface area contributed by atoms with Gasteiger partial charge in [-0.1, -0.05) is 0 Å². The highest BCUT2D eigenvalue weighted by Crippen LogP contribution is 2.34. The van der Waals surface area contributed by atoms with Gasteiger partial charge in [-0.05, 0) is 56.2 Å². The molecule has 31 heavy (non-hydrogen) atoms. The number of aryl methyl sites for hydroxylation is 1. The lowest BCUT2D eigenvalue weighted by atomic mass is 10.1. The van der Waals surface area contributed by atoms with Gasteiger partial charge in [-0.2, -0.15) is 0 Å². The van der Waals surface area contributed by atoms with E-state index in [2.05, 4.69) is 26.5 Å². The molecule has 3 aromatic heterocycles. The maximum Gasteiger partial charge on any atom is 0.191 e. The molecular weight excluding hydrogens is 413 g/mol. The summed E-state index contributed by atoms with van der Waals surface area (Å²) in [5.74, 6) is 0.714. The minimum absolute atomic E-state index is 0.197. The van der Waals surface area contributed by atoms with Crippen LogP contribution in [0.1, 0.15) is 18.5 Å². The molecule has 4 heterocycles. The van der Waals surface area contributed by atoms with Gasteiger partial charge in [0.15, 0.2) is 5.13 Å². The molecule has 0 bridgehead atoms. The van der Waals surface area contributed by atoms with Crippen molar-refractivity contribution in [1.29, 1.82) is 0 Å². The zero-order valence-electron chi connectivity index (χ0n) is 17.5. The van der Waals surface area contributed by atoms with E-state index in [0.717, 1.165) is 65.2 Å². The molecular formula is C23H24FN5OS. The molecule has 4 aromatic rings. The summed E-state index contributed by atoms with van der Waals surface area (Å²) in [6.45, 7) is 3.70. The van der Waals surface area contributed by atoms with Crippen molar-refractivity contribution < 1.29 is 9.50 Å². The van der Waals surface area contributed by atoms with Crippen molar-refractivity contribution in [1.82, 2.24) is 14.4 Å². The number of imidazole rings is 1. The molecule has 1 aliphatic rings. The number of benzene rings is 1. The summed E-state index contributed by atoms with van der Waals surface area (Å²) >= 11 is 1.55. The van der Waals surface area contributed by atoms with Gasteiger partial charge < -0.3 is 14.9 Å². The minimum Gasteiger partial charge on any atom is -0.393 e. The Bertz CT molecular complexity index is 1210. The van der Waals surface area contributed by atoms with E-state index in [-0.39, 0.29) is 11.9 Å². The molecule has 0 saturated carbocycles. The number of hydrogen-bond acceptors (Lipinski definition) is 6. The first-order valence-corrected chi connectivity index (χ1v) is 11.2. The number of hydrogen-bond donors (Lipinski definition) is 1. The smallest absolute Gasteiger partial charge is 0.191 e. The van der Waals surface area contributed by atoms with Crippen LogP contribution in [0.5, 0.6) is 0 Å². The molecule has 0 atom stereocenters. The molecule has 1 fully saturated rings. The summed E-state index contributed by atoms with van der Waals surface area (Å²) in [7, 11) is 1.99. The number of rotatable bonds is 4. The first kappa shape index (κ1) is 20.0. The molecule has 5 rings (SSSR count). The third-order valence-electron chi connectivity index (χ3n) is 5.81. The van der Waals surface area contributed by atoms with Gasteiger partial charge in [-0.3, -0.25) is 4.40 Å². The van der Waals surface area contributed by atoms with Gasteiger partial charge in [0.05, 0.1) is 23.2 Å². The molecule has 0 aliphatic carbocycles. The van der Waals surface area contributed by atoms with E-state index < -0.39 is 0 Å². The Morgan fingerprint density at radius 2 is 1.84 bits per heavy atom. The van der Waals surface area contributed by atoms with Crippen molar-refractivity contribution in [2.24, 2.45) is 0 Å². The van der Waals surface area contributed by atoms with Crippen LogP contribution in [0.25, 0.3) is 16.9 Å². The number of thiazole rings is 1. The average Bonchev–Trinajstić information content (AvgIpc) is 3.38. The normalized spacial score (nSPS) is 15.0. The summed E-state index contributed by atoms with van der Waals surface area (Å²) < 4.78 is 15.4. The van der Waals surface area contributed by atoms with E-state index in [1.807, 2.05) is 25.4 Å². The lowest BCUT2D eigenvalue weighted by Crippen LogP contribution is -2.35. The second kappa shape index (κ2) is 7.94. The fourth-order valence-electron chi connectivity index (χ4n) is 4.12. The number of fused-ring (bicyclic) bond motifs is 1. The van der Waals surface area contributed by atoms with Crippen molar-refractivity contribution >= 4 is 33.6 Å². The van der Waals surface area contributed by atoms with Gasteiger partial charge in [0, 0.05) is 37.3 Å². The van der Waals surface area contributed by atoms with E-state index in [9.17, 15) is 9.50 Å². The highest BCUT2D eigenvalue weighted by Gasteiger charge is 2.21. The SMILES string of the molecule is Cc1nc2ccc(N3CCC(O)CC3)cn2c1N(C)c1nc(-c2ccc(F)cc2)cs1. The number of halogens is 1. The monoisotopic (exact) mass is 437 g/mol. The van der Waals surface area contributed by atoms with Gasteiger partial charge >= 0.3 is 0 Å². The lowest BCUT2D eigenvalue weighted by molar-refractivity contribution is 0.145. The fourth-order valence-corrected chi connectivity index (χ4v) is 4.92. The number of anilines is 3. The van der Waals surface area contributed by atoms with Crippen molar-refractivity contribution in [3.8, 4) is 11.3 Å². The van der Waals surface area contributed by atoms with Crippen LogP contribution < -0.4 is 9.80 Å². The van der Waals surface area contributed by atoms with Crippen LogP contribution in [0.3, 0.4) is 0 Å². The zero-order valence-corrected chi connectivity index (χ0v) is 18.3. The Kier molecular flexibility index (Phi) is 5.11. The van der Waals surface area contributed by atoms with Crippen LogP contribution in [0.2, 0.25) is 0 Å². The minimum atomic E-state index is -0.253. The van der Waals surface area contributed by atoms with Gasteiger partial charge in [-0.25, -0.2) is 14.4 Å². The Hall–Kier alpha value is -2.97. The summed E-state index contributed by atoms with van der Waals surface area (Å²) in [6.07, 6.45) is 3.50. The predicted molar refractivity (Wildman–Crippen MR) is 123 cm³/mol. The number of pyridine rings is 1. The molecule has 1 N–H and O–H groups in total. The Labute approximate surface area is 184 Å². The molecule has 1 aromatic carbocycles. The molecule has 8 heteroatoms. The number of aliphatic hydroxyl groups excluding tert-OH is 1. The molecule has 160 valence electrons. The summed E-state index contributed by atoms with van der Waals surface area (Å²) in [4.78, 5) is 13.9. The molecule has 1 saturated heterocycles. The Balaban J connectivity index is 1.48. The standard InChI is InChI=1S/C23H24FN5OS/c1-15-22(27(2)23-26-20(14-31-23)16-3-5-17(24)6-4-16)29-13-18(7-8-21(29)25-15)28-11-9-19(30)10-12-28/h3-8,13-14,19,30H,9-12H2,1-2H3. The largest absolute Gasteiger partial charge is 0.393 e. The van der Waals surface area contributed by atoms with E-state index in [1.54, 1.807) is 23.5 Å². The molecule has 0 spiro atoms. The van der Waals surface area contributed by atoms with Gasteiger partial charge in [0.2, 0.25) is 0 Å². The van der Waals surface area contributed by atoms with E-state index in [4.69, 9.17) is 9.97 Å². The average molecular weight is 438 g/mol. The Morgan fingerprint density at radius 1 is 1.10 bits per heavy atom. The van der Waals surface area contributed by atoms with Gasteiger partial charge in [0.25, 0.3) is 0 Å². The highest BCUT2D eigenvalue weighted by molar-refractivity contribution is 7.14. The van der Waals surface area contributed by atoms with Crippen LogP contribution in [0.4, 0.5) is 21.0 Å². The number of aromatic nitrogens is 3. The maximum atomic E-state index is 13.2. The fraction of sp³-hybridized carbons (Fsp3) is 0.304. The highest BCUT2D eigenvalue weighted by atomic mass is 32.1. The number of nitrogens with zero attached hydrogens (tertiary/aromatic N) is 5. The van der Waals surface area contributed by atoms with Crippen LogP contribution in [0.15, 0.2) is 48.0 Å². The number of piperidine rings is 1. The molecule has 1 aliphatic heterocycles. The summed E-state index contributed by atoms with van der Waals surface area (Å²) in [6, 6.07) is 10.5. The first-order valence-electron chi connectivity index (χ1n) is 10.4. The lowest BCUT2D eigenvalue weighted by Gasteiger charge is -2.31. The molecule has 0 amide bonds. The molecule has 0 unspecified atom stereocenters. The third-order valence-corrected chi connectivity index (χ3v) is 6.73.